The molecule has 0 saturated heterocycles. The van der Waals surface area contributed by atoms with Gasteiger partial charge in [-0.3, -0.25) is 9.59 Å². The minimum absolute atomic E-state index is 0.0157. The molecule has 0 spiro atoms. The van der Waals surface area contributed by atoms with E-state index in [0.717, 1.165) is 0 Å². The molecule has 0 amide bonds. The number of halogens is 2. The zero-order chi connectivity index (χ0) is 24.1. The molecule has 0 fully saturated rings. The molecule has 0 radical (unpaired) electrons. The molecule has 2 aromatic carbocycles. The molecule has 34 heavy (non-hydrogen) atoms. The molecule has 1 aromatic heterocycles. The van der Waals surface area contributed by atoms with E-state index < -0.39 is 17.5 Å². The van der Waals surface area contributed by atoms with Gasteiger partial charge in [0.2, 0.25) is 5.78 Å². The van der Waals surface area contributed by atoms with Crippen LogP contribution in [0.3, 0.4) is 0 Å². The van der Waals surface area contributed by atoms with Crippen molar-refractivity contribution in [3.63, 3.8) is 0 Å². The SMILES string of the molecule is O=C1CCCC(OC(=O)c2ccccc2)=C1C(=O)c1ccc(Cl)c(OCCn2cnnn2)c1Cl. The number of hydrogen-bond donors (Lipinski definition) is 0. The van der Waals surface area contributed by atoms with Crippen molar-refractivity contribution in [2.24, 2.45) is 0 Å². The van der Waals surface area contributed by atoms with Crippen LogP contribution in [0.1, 0.15) is 40.0 Å². The predicted octanol–water partition coefficient (Wildman–Crippen LogP) is 4.11. The number of carbonyl (C=O) groups is 3. The Bertz CT molecular complexity index is 1260. The van der Waals surface area contributed by atoms with E-state index in [2.05, 4.69) is 15.5 Å². The molecule has 0 bridgehead atoms. The summed E-state index contributed by atoms with van der Waals surface area (Å²) in [5.41, 5.74) is 0.129. The lowest BCUT2D eigenvalue weighted by atomic mass is 9.90. The number of aromatic nitrogens is 4. The van der Waals surface area contributed by atoms with Gasteiger partial charge in [-0.05, 0) is 41.1 Å². The number of ketones is 2. The summed E-state index contributed by atoms with van der Waals surface area (Å²) in [5.74, 6) is -1.60. The maximum absolute atomic E-state index is 13.4. The Morgan fingerprint density at radius 2 is 1.85 bits per heavy atom. The van der Waals surface area contributed by atoms with Gasteiger partial charge in [-0.25, -0.2) is 9.48 Å². The number of esters is 1. The van der Waals surface area contributed by atoms with Crippen LogP contribution in [0.2, 0.25) is 10.0 Å². The summed E-state index contributed by atoms with van der Waals surface area (Å²) in [5, 5.41) is 10.9. The summed E-state index contributed by atoms with van der Waals surface area (Å²) >= 11 is 12.7. The van der Waals surface area contributed by atoms with Crippen molar-refractivity contribution in [1.82, 2.24) is 20.2 Å². The van der Waals surface area contributed by atoms with Crippen LogP contribution in [0.15, 0.2) is 60.1 Å². The smallest absolute Gasteiger partial charge is 0.343 e. The maximum Gasteiger partial charge on any atom is 0.343 e. The van der Waals surface area contributed by atoms with Crippen molar-refractivity contribution in [2.75, 3.05) is 6.61 Å². The molecule has 0 unspecified atom stereocenters. The van der Waals surface area contributed by atoms with Crippen LogP contribution in [-0.4, -0.2) is 44.3 Å². The molecule has 1 aliphatic carbocycles. The van der Waals surface area contributed by atoms with Crippen LogP contribution in [0.5, 0.6) is 5.75 Å². The fourth-order valence-corrected chi connectivity index (χ4v) is 3.98. The first-order valence-corrected chi connectivity index (χ1v) is 11.1. The Kier molecular flexibility index (Phi) is 7.34. The average molecular weight is 501 g/mol. The van der Waals surface area contributed by atoms with E-state index in [1.165, 1.54) is 23.1 Å². The Labute approximate surface area is 204 Å². The lowest BCUT2D eigenvalue weighted by Crippen LogP contribution is -2.22. The Hall–Kier alpha value is -3.56. The fourth-order valence-electron chi connectivity index (χ4n) is 3.41. The summed E-state index contributed by atoms with van der Waals surface area (Å²) in [4.78, 5) is 38.7. The summed E-state index contributed by atoms with van der Waals surface area (Å²) in [7, 11) is 0. The first-order valence-electron chi connectivity index (χ1n) is 10.4. The highest BCUT2D eigenvalue weighted by atomic mass is 35.5. The van der Waals surface area contributed by atoms with Gasteiger partial charge in [0, 0.05) is 18.4 Å². The van der Waals surface area contributed by atoms with Gasteiger partial charge in [0.25, 0.3) is 0 Å². The number of tetrazole rings is 1. The van der Waals surface area contributed by atoms with Gasteiger partial charge in [0.15, 0.2) is 11.5 Å². The van der Waals surface area contributed by atoms with Gasteiger partial charge < -0.3 is 9.47 Å². The third-order valence-electron chi connectivity index (χ3n) is 5.07. The molecule has 0 aliphatic heterocycles. The van der Waals surface area contributed by atoms with Crippen molar-refractivity contribution in [3.05, 3.63) is 81.3 Å². The molecule has 11 heteroatoms. The highest BCUT2D eigenvalue weighted by Gasteiger charge is 2.32. The molecular formula is C23H18Cl2N4O5. The van der Waals surface area contributed by atoms with Crippen molar-refractivity contribution < 1.29 is 23.9 Å². The van der Waals surface area contributed by atoms with Gasteiger partial charge >= 0.3 is 5.97 Å². The second kappa shape index (κ2) is 10.6. The number of ether oxygens (including phenoxy) is 2. The van der Waals surface area contributed by atoms with Gasteiger partial charge in [0.05, 0.1) is 22.2 Å². The quantitative estimate of drug-likeness (QED) is 0.258. The number of Topliss-reactive ketones (excluding diaryl/α,β-unsaturated/α-hetero) is 2. The van der Waals surface area contributed by atoms with Gasteiger partial charge in [-0.1, -0.05) is 41.4 Å². The number of rotatable bonds is 8. The lowest BCUT2D eigenvalue weighted by Gasteiger charge is -2.19. The van der Waals surface area contributed by atoms with E-state index in [4.69, 9.17) is 32.7 Å². The molecule has 1 heterocycles. The monoisotopic (exact) mass is 500 g/mol. The highest BCUT2D eigenvalue weighted by molar-refractivity contribution is 6.41. The molecular weight excluding hydrogens is 483 g/mol. The first-order chi connectivity index (χ1) is 16.5. The normalized spacial score (nSPS) is 13.6. The lowest BCUT2D eigenvalue weighted by molar-refractivity contribution is -0.116. The Morgan fingerprint density at radius 3 is 2.59 bits per heavy atom. The molecule has 174 valence electrons. The van der Waals surface area contributed by atoms with Crippen molar-refractivity contribution >= 4 is 40.7 Å². The molecule has 3 aromatic rings. The maximum atomic E-state index is 13.4. The fraction of sp³-hybridized carbons (Fsp3) is 0.217. The summed E-state index contributed by atoms with van der Waals surface area (Å²) in [6, 6.07) is 11.2. The Balaban J connectivity index is 1.61. The van der Waals surface area contributed by atoms with Crippen molar-refractivity contribution in [1.29, 1.82) is 0 Å². The number of nitrogens with zero attached hydrogens (tertiary/aromatic N) is 4. The third-order valence-corrected chi connectivity index (χ3v) is 5.74. The highest BCUT2D eigenvalue weighted by Crippen LogP contribution is 2.38. The van der Waals surface area contributed by atoms with E-state index in [-0.39, 0.29) is 52.1 Å². The van der Waals surface area contributed by atoms with Crippen LogP contribution in [0.4, 0.5) is 0 Å². The van der Waals surface area contributed by atoms with Crippen LogP contribution < -0.4 is 4.74 Å². The van der Waals surface area contributed by atoms with Crippen LogP contribution in [0.25, 0.3) is 0 Å². The molecule has 0 saturated carbocycles. The average Bonchev–Trinajstić information content (AvgIpc) is 3.35. The van der Waals surface area contributed by atoms with E-state index in [1.54, 1.807) is 30.3 Å². The number of hydrogen-bond acceptors (Lipinski definition) is 8. The van der Waals surface area contributed by atoms with Gasteiger partial charge in [0.1, 0.15) is 24.3 Å². The summed E-state index contributed by atoms with van der Waals surface area (Å²) in [6.45, 7) is 0.449. The van der Waals surface area contributed by atoms with E-state index in [9.17, 15) is 14.4 Å². The number of carbonyl (C=O) groups excluding carboxylic acids is 3. The Morgan fingerprint density at radius 1 is 1.06 bits per heavy atom. The summed E-state index contributed by atoms with van der Waals surface area (Å²) in [6.07, 6.45) is 2.32. The zero-order valence-electron chi connectivity index (χ0n) is 17.7. The number of allylic oxidation sites excluding steroid dienone is 2. The largest absolute Gasteiger partial charge is 0.488 e. The predicted molar refractivity (Wildman–Crippen MR) is 122 cm³/mol. The van der Waals surface area contributed by atoms with E-state index >= 15 is 0 Å². The van der Waals surface area contributed by atoms with Crippen molar-refractivity contribution in [3.8, 4) is 5.75 Å². The second-order valence-corrected chi connectivity index (χ2v) is 8.10. The topological polar surface area (TPSA) is 113 Å². The molecule has 9 nitrogen and oxygen atoms in total. The van der Waals surface area contributed by atoms with Crippen molar-refractivity contribution in [2.45, 2.75) is 25.8 Å². The third kappa shape index (κ3) is 5.16. The zero-order valence-corrected chi connectivity index (χ0v) is 19.3. The van der Waals surface area contributed by atoms with E-state index in [0.29, 0.717) is 18.5 Å². The second-order valence-electron chi connectivity index (χ2n) is 7.32. The van der Waals surface area contributed by atoms with Gasteiger partial charge in [-0.2, -0.15) is 0 Å². The molecule has 4 rings (SSSR count). The van der Waals surface area contributed by atoms with Crippen LogP contribution in [-0.2, 0) is 16.1 Å². The minimum Gasteiger partial charge on any atom is -0.488 e. The molecule has 1 aliphatic rings. The van der Waals surface area contributed by atoms with Crippen LogP contribution >= 0.6 is 23.2 Å². The molecule has 0 atom stereocenters. The standard InChI is InChI=1S/C23H18Cl2N4O5/c24-16-10-9-15(20(25)22(16)33-12-11-29-13-26-27-28-29)21(31)19-17(30)7-4-8-18(19)34-23(32)14-5-2-1-3-6-14/h1-3,5-6,9-10,13H,4,7-8,11-12H2. The first kappa shape index (κ1) is 23.6. The summed E-state index contributed by atoms with van der Waals surface area (Å²) < 4.78 is 12.6. The molecule has 0 N–H and O–H groups in total. The number of benzene rings is 2. The van der Waals surface area contributed by atoms with E-state index in [1.807, 2.05) is 0 Å². The minimum atomic E-state index is -0.660. The van der Waals surface area contributed by atoms with Gasteiger partial charge in [-0.15, -0.1) is 5.10 Å². The van der Waals surface area contributed by atoms with Crippen LogP contribution in [0, 0.1) is 0 Å².